The molecule has 0 radical (unpaired) electrons. The van der Waals surface area contributed by atoms with Gasteiger partial charge in [0.1, 0.15) is 39.3 Å². The predicted molar refractivity (Wildman–Crippen MR) is 163 cm³/mol. The predicted octanol–water partition coefficient (Wildman–Crippen LogP) is 9.08. The van der Waals surface area contributed by atoms with Crippen LogP contribution in [0.1, 0.15) is 65.5 Å². The zero-order valence-corrected chi connectivity index (χ0v) is 24.8. The van der Waals surface area contributed by atoms with Crippen molar-refractivity contribution in [2.45, 2.75) is 72.4 Å². The van der Waals surface area contributed by atoms with Crippen molar-refractivity contribution in [1.82, 2.24) is 4.98 Å². The van der Waals surface area contributed by atoms with Gasteiger partial charge in [-0.05, 0) is 74.1 Å². The zero-order chi connectivity index (χ0) is 28.9. The van der Waals surface area contributed by atoms with Crippen LogP contribution in [0.5, 0.6) is 17.4 Å². The van der Waals surface area contributed by atoms with Crippen LogP contribution in [0.4, 0.5) is 0 Å². The SMILES string of the molecule is Cc1cc(O)c2nc(Oc3cc(C4=N[C@@]5(C)C(C)(C)CC[C@]5(C(C)(C)C)O4)cc4oc5ccccc5c34)ccc2c1. The van der Waals surface area contributed by atoms with Crippen LogP contribution in [0, 0.1) is 17.8 Å². The standard InChI is InChI=1S/C35H36N2O4/c1-20-16-21-12-13-28(36-30(21)24(38)17-20)40-27-19-22(18-26-29(27)23-10-8-9-11-25(23)39-26)31-37-34(7)33(5,6)14-15-35(34,41-31)32(2,3)4/h8-13,16-19,38H,14-15H2,1-7H3/t34-,35+/m0/s1. The average molecular weight is 549 g/mol. The summed E-state index contributed by atoms with van der Waals surface area (Å²) in [5.74, 6) is 1.72. The Bertz CT molecular complexity index is 1910. The molecule has 41 heavy (non-hydrogen) atoms. The van der Waals surface area contributed by atoms with Gasteiger partial charge in [0.15, 0.2) is 0 Å². The van der Waals surface area contributed by atoms with E-state index in [4.69, 9.17) is 18.9 Å². The number of furan rings is 1. The van der Waals surface area contributed by atoms with Crippen molar-refractivity contribution in [3.8, 4) is 17.4 Å². The van der Waals surface area contributed by atoms with E-state index in [9.17, 15) is 5.11 Å². The molecule has 5 aromatic rings. The van der Waals surface area contributed by atoms with Crippen LogP contribution in [0.3, 0.4) is 0 Å². The second-order valence-corrected chi connectivity index (χ2v) is 13.6. The zero-order valence-electron chi connectivity index (χ0n) is 24.8. The molecule has 1 fully saturated rings. The lowest BCUT2D eigenvalue weighted by Gasteiger charge is -2.48. The van der Waals surface area contributed by atoms with Crippen LogP contribution in [0.15, 0.2) is 70.1 Å². The Kier molecular flexibility index (Phi) is 5.21. The molecule has 1 aliphatic carbocycles. The Labute approximate surface area is 240 Å². The summed E-state index contributed by atoms with van der Waals surface area (Å²) in [5.41, 5.74) is 2.75. The summed E-state index contributed by atoms with van der Waals surface area (Å²) >= 11 is 0. The van der Waals surface area contributed by atoms with Crippen molar-refractivity contribution >= 4 is 38.7 Å². The molecule has 0 saturated heterocycles. The summed E-state index contributed by atoms with van der Waals surface area (Å²) in [5, 5.41) is 13.2. The fraction of sp³-hybridized carbons (Fsp3) is 0.371. The fourth-order valence-corrected chi connectivity index (χ4v) is 7.22. The van der Waals surface area contributed by atoms with E-state index in [2.05, 4.69) is 46.5 Å². The maximum absolute atomic E-state index is 10.6. The van der Waals surface area contributed by atoms with Crippen LogP contribution >= 0.6 is 0 Å². The monoisotopic (exact) mass is 548 g/mol. The van der Waals surface area contributed by atoms with Crippen LogP contribution in [-0.2, 0) is 4.74 Å². The van der Waals surface area contributed by atoms with E-state index in [1.54, 1.807) is 6.07 Å². The third-order valence-corrected chi connectivity index (χ3v) is 9.81. The summed E-state index contributed by atoms with van der Waals surface area (Å²) in [6, 6.07) is 19.4. The Balaban J connectivity index is 1.41. The molecule has 1 aliphatic heterocycles. The molecule has 1 saturated carbocycles. The number of aromatic nitrogens is 1. The van der Waals surface area contributed by atoms with Crippen LogP contribution in [0.25, 0.3) is 32.8 Å². The number of pyridine rings is 1. The number of hydrogen-bond donors (Lipinski definition) is 1. The van der Waals surface area contributed by atoms with E-state index >= 15 is 0 Å². The van der Waals surface area contributed by atoms with Gasteiger partial charge in [-0.25, -0.2) is 9.98 Å². The smallest absolute Gasteiger partial charge is 0.219 e. The molecule has 0 amide bonds. The van der Waals surface area contributed by atoms with Crippen molar-refractivity contribution in [2.75, 3.05) is 0 Å². The molecule has 6 nitrogen and oxygen atoms in total. The highest BCUT2D eigenvalue weighted by atomic mass is 16.5. The first kappa shape index (κ1) is 25.9. The number of aliphatic imine (C=N–C) groups is 1. The van der Waals surface area contributed by atoms with Gasteiger partial charge < -0.3 is 19.0 Å². The summed E-state index contributed by atoms with van der Waals surface area (Å²) in [4.78, 5) is 10.0. The Morgan fingerprint density at radius 2 is 1.71 bits per heavy atom. The number of nitrogens with zero attached hydrogens (tertiary/aromatic N) is 2. The van der Waals surface area contributed by atoms with Gasteiger partial charge in [0.05, 0.1) is 5.39 Å². The van der Waals surface area contributed by atoms with Gasteiger partial charge in [-0.3, -0.25) is 0 Å². The van der Waals surface area contributed by atoms with Gasteiger partial charge >= 0.3 is 0 Å². The number of rotatable bonds is 3. The summed E-state index contributed by atoms with van der Waals surface area (Å²) in [7, 11) is 0. The molecule has 7 rings (SSSR count). The number of phenols is 1. The lowest BCUT2D eigenvalue weighted by molar-refractivity contribution is -0.0746. The number of para-hydroxylation sites is 1. The second kappa shape index (κ2) is 8.25. The quantitative estimate of drug-likeness (QED) is 0.243. The number of hydrogen-bond acceptors (Lipinski definition) is 6. The van der Waals surface area contributed by atoms with Crippen molar-refractivity contribution in [3.63, 3.8) is 0 Å². The van der Waals surface area contributed by atoms with Crippen molar-refractivity contribution < 1.29 is 19.0 Å². The minimum absolute atomic E-state index is 0.0276. The van der Waals surface area contributed by atoms with Gasteiger partial charge in [-0.2, -0.15) is 0 Å². The highest BCUT2D eigenvalue weighted by Gasteiger charge is 2.71. The van der Waals surface area contributed by atoms with E-state index in [0.717, 1.165) is 45.7 Å². The number of ether oxygens (including phenoxy) is 2. The molecule has 210 valence electrons. The molecule has 1 N–H and O–H groups in total. The third-order valence-electron chi connectivity index (χ3n) is 9.81. The maximum Gasteiger partial charge on any atom is 0.219 e. The first-order chi connectivity index (χ1) is 19.3. The van der Waals surface area contributed by atoms with E-state index in [-0.39, 0.29) is 16.6 Å². The van der Waals surface area contributed by atoms with Gasteiger partial charge in [0, 0.05) is 27.8 Å². The molecule has 0 bridgehead atoms. The molecule has 2 atom stereocenters. The summed E-state index contributed by atoms with van der Waals surface area (Å²) < 4.78 is 19.8. The van der Waals surface area contributed by atoms with Crippen LogP contribution in [-0.4, -0.2) is 27.1 Å². The third kappa shape index (κ3) is 3.55. The number of aryl methyl sites for hydroxylation is 1. The lowest BCUT2D eigenvalue weighted by Crippen LogP contribution is -2.58. The highest BCUT2D eigenvalue weighted by Crippen LogP contribution is 2.64. The highest BCUT2D eigenvalue weighted by molar-refractivity contribution is 6.11. The summed E-state index contributed by atoms with van der Waals surface area (Å²) in [6.45, 7) is 15.6. The molecule has 3 heterocycles. The van der Waals surface area contributed by atoms with Gasteiger partial charge in [-0.1, -0.05) is 52.8 Å². The Morgan fingerprint density at radius 1 is 0.927 bits per heavy atom. The van der Waals surface area contributed by atoms with Crippen molar-refractivity contribution in [3.05, 3.63) is 71.8 Å². The van der Waals surface area contributed by atoms with E-state index in [1.807, 2.05) is 61.5 Å². The molecule has 3 aromatic carbocycles. The molecule has 0 spiro atoms. The minimum atomic E-state index is -0.432. The second-order valence-electron chi connectivity index (χ2n) is 13.6. The average Bonchev–Trinajstić information content (AvgIpc) is 3.50. The number of fused-ring (bicyclic) bond motifs is 5. The molecule has 2 aliphatic rings. The van der Waals surface area contributed by atoms with Crippen molar-refractivity contribution in [1.29, 1.82) is 0 Å². The molecule has 6 heteroatoms. The molecular formula is C35H36N2O4. The number of phenolic OH excluding ortho intramolecular Hbond substituents is 1. The molecular weight excluding hydrogens is 512 g/mol. The van der Waals surface area contributed by atoms with E-state index < -0.39 is 11.1 Å². The van der Waals surface area contributed by atoms with E-state index in [1.165, 1.54) is 0 Å². The maximum atomic E-state index is 10.6. The lowest BCUT2D eigenvalue weighted by atomic mass is 9.62. The number of benzene rings is 3. The van der Waals surface area contributed by atoms with Gasteiger partial charge in [-0.15, -0.1) is 0 Å². The fourth-order valence-electron chi connectivity index (χ4n) is 7.22. The molecule has 0 unspecified atom stereocenters. The first-order valence-electron chi connectivity index (χ1n) is 14.3. The number of aromatic hydroxyl groups is 1. The van der Waals surface area contributed by atoms with Crippen LogP contribution < -0.4 is 4.74 Å². The topological polar surface area (TPSA) is 77.1 Å². The largest absolute Gasteiger partial charge is 0.506 e. The summed E-state index contributed by atoms with van der Waals surface area (Å²) in [6.07, 6.45) is 1.99. The minimum Gasteiger partial charge on any atom is -0.506 e. The van der Waals surface area contributed by atoms with Gasteiger partial charge in [0.2, 0.25) is 11.8 Å². The normalized spacial score (nSPS) is 23.6. The van der Waals surface area contributed by atoms with Crippen LogP contribution in [0.2, 0.25) is 0 Å². The molecule has 2 aromatic heterocycles. The van der Waals surface area contributed by atoms with Gasteiger partial charge in [0.25, 0.3) is 0 Å². The van der Waals surface area contributed by atoms with Crippen molar-refractivity contribution in [2.24, 2.45) is 15.8 Å². The Morgan fingerprint density at radius 3 is 2.46 bits per heavy atom. The Hall–Kier alpha value is -4.06. The van der Waals surface area contributed by atoms with E-state index in [0.29, 0.717) is 28.6 Å². The first-order valence-corrected chi connectivity index (χ1v) is 14.3.